The Morgan fingerprint density at radius 3 is 2.50 bits per heavy atom. The van der Waals surface area contributed by atoms with Crippen LogP contribution in [-0.2, 0) is 0 Å². The zero-order valence-corrected chi connectivity index (χ0v) is 13.9. The first-order valence-electron chi connectivity index (χ1n) is 6.56. The van der Waals surface area contributed by atoms with Gasteiger partial charge in [-0.15, -0.1) is 0 Å². The second-order valence-electron chi connectivity index (χ2n) is 4.75. The van der Waals surface area contributed by atoms with Crippen LogP contribution in [0.15, 0.2) is 48.5 Å². The predicted octanol–water partition coefficient (Wildman–Crippen LogP) is 4.21. The summed E-state index contributed by atoms with van der Waals surface area (Å²) in [6.07, 6.45) is 0. The number of rotatable bonds is 3. The molecular formula is C17H12INO3. The van der Waals surface area contributed by atoms with Crippen molar-refractivity contribution in [3.8, 4) is 17.0 Å². The molecule has 3 rings (SSSR count). The van der Waals surface area contributed by atoms with Gasteiger partial charge < -0.3 is 9.84 Å². The number of pyridine rings is 1. The van der Waals surface area contributed by atoms with Gasteiger partial charge >= 0.3 is 5.97 Å². The third-order valence-corrected chi connectivity index (χ3v) is 4.11. The normalized spacial score (nSPS) is 10.6. The average Bonchev–Trinajstić information content (AvgIpc) is 2.53. The minimum atomic E-state index is -0.979. The molecule has 22 heavy (non-hydrogen) atoms. The third-order valence-electron chi connectivity index (χ3n) is 3.39. The molecule has 0 saturated heterocycles. The molecule has 5 heteroatoms. The molecular weight excluding hydrogens is 393 g/mol. The lowest BCUT2D eigenvalue weighted by Gasteiger charge is -2.09. The van der Waals surface area contributed by atoms with Crippen LogP contribution in [0.1, 0.15) is 10.4 Å². The number of ether oxygens (including phenoxy) is 1. The van der Waals surface area contributed by atoms with Crippen LogP contribution < -0.4 is 4.74 Å². The van der Waals surface area contributed by atoms with E-state index in [4.69, 9.17) is 4.74 Å². The van der Waals surface area contributed by atoms with Gasteiger partial charge in [0, 0.05) is 14.5 Å². The predicted molar refractivity (Wildman–Crippen MR) is 93.4 cm³/mol. The molecule has 0 fully saturated rings. The van der Waals surface area contributed by atoms with E-state index in [0.29, 0.717) is 22.3 Å². The van der Waals surface area contributed by atoms with Crippen LogP contribution in [0.2, 0.25) is 0 Å². The van der Waals surface area contributed by atoms with Crippen LogP contribution in [-0.4, -0.2) is 23.2 Å². The number of nitrogens with zero attached hydrogens (tertiary/aromatic N) is 1. The summed E-state index contributed by atoms with van der Waals surface area (Å²) in [6, 6.07) is 14.7. The lowest BCUT2D eigenvalue weighted by Crippen LogP contribution is -2.00. The SMILES string of the molecule is COc1ccc2nc(-c3ccc(I)cc3)cc(C(=O)O)c2c1. The number of carboxylic acid groups (broad SMARTS) is 1. The van der Waals surface area contributed by atoms with Crippen molar-refractivity contribution in [1.29, 1.82) is 0 Å². The molecule has 1 heterocycles. The summed E-state index contributed by atoms with van der Waals surface area (Å²) in [7, 11) is 1.55. The Kier molecular flexibility index (Phi) is 3.98. The lowest BCUT2D eigenvalue weighted by atomic mass is 10.0. The molecule has 3 aromatic rings. The van der Waals surface area contributed by atoms with Crippen LogP contribution in [0, 0.1) is 3.57 Å². The van der Waals surface area contributed by atoms with Gasteiger partial charge in [0.1, 0.15) is 5.75 Å². The molecule has 0 amide bonds. The molecule has 0 aliphatic carbocycles. The molecule has 0 spiro atoms. The fourth-order valence-corrected chi connectivity index (χ4v) is 2.64. The van der Waals surface area contributed by atoms with E-state index in [1.807, 2.05) is 24.3 Å². The number of halogens is 1. The zero-order valence-electron chi connectivity index (χ0n) is 11.7. The molecule has 0 bridgehead atoms. The van der Waals surface area contributed by atoms with E-state index in [1.54, 1.807) is 31.4 Å². The smallest absolute Gasteiger partial charge is 0.336 e. The van der Waals surface area contributed by atoms with Gasteiger partial charge in [-0.05, 0) is 59.0 Å². The zero-order chi connectivity index (χ0) is 15.7. The maximum atomic E-state index is 11.6. The number of hydrogen-bond donors (Lipinski definition) is 1. The Morgan fingerprint density at radius 1 is 1.14 bits per heavy atom. The Hall–Kier alpha value is -2.15. The molecule has 0 radical (unpaired) electrons. The number of aromatic nitrogens is 1. The number of carbonyl (C=O) groups is 1. The number of methoxy groups -OCH3 is 1. The van der Waals surface area contributed by atoms with E-state index in [-0.39, 0.29) is 5.56 Å². The first kappa shape index (κ1) is 14.8. The van der Waals surface area contributed by atoms with Crippen molar-refractivity contribution in [1.82, 2.24) is 4.98 Å². The van der Waals surface area contributed by atoms with E-state index >= 15 is 0 Å². The third kappa shape index (κ3) is 2.76. The molecule has 110 valence electrons. The molecule has 0 atom stereocenters. The summed E-state index contributed by atoms with van der Waals surface area (Å²) in [6.45, 7) is 0. The maximum absolute atomic E-state index is 11.6. The summed E-state index contributed by atoms with van der Waals surface area (Å²) >= 11 is 2.23. The maximum Gasteiger partial charge on any atom is 0.336 e. The molecule has 0 saturated carbocycles. The summed E-state index contributed by atoms with van der Waals surface area (Å²) in [5.41, 5.74) is 2.39. The van der Waals surface area contributed by atoms with Gasteiger partial charge in [0.15, 0.2) is 0 Å². The molecule has 1 aromatic heterocycles. The number of benzene rings is 2. The first-order valence-corrected chi connectivity index (χ1v) is 7.64. The Bertz CT molecular complexity index is 860. The minimum Gasteiger partial charge on any atom is -0.497 e. The summed E-state index contributed by atoms with van der Waals surface area (Å²) in [5.74, 6) is -0.369. The standard InChI is InChI=1S/C17H12INO3/c1-22-12-6-7-15-13(8-12)14(17(20)21)9-16(19-15)10-2-4-11(18)5-3-10/h2-9H,1H3,(H,20,21). The summed E-state index contributed by atoms with van der Waals surface area (Å²) in [4.78, 5) is 16.2. The first-order chi connectivity index (χ1) is 10.6. The number of hydrogen-bond acceptors (Lipinski definition) is 3. The highest BCUT2D eigenvalue weighted by Gasteiger charge is 2.13. The van der Waals surface area contributed by atoms with Crippen molar-refractivity contribution in [2.24, 2.45) is 0 Å². The van der Waals surface area contributed by atoms with Gasteiger partial charge in [-0.3, -0.25) is 0 Å². The van der Waals surface area contributed by atoms with Gasteiger partial charge in [0.05, 0.1) is 23.9 Å². The summed E-state index contributed by atoms with van der Waals surface area (Å²) in [5, 5.41) is 10.1. The topological polar surface area (TPSA) is 59.4 Å². The highest BCUT2D eigenvalue weighted by Crippen LogP contribution is 2.28. The van der Waals surface area contributed by atoms with Crippen LogP contribution in [0.4, 0.5) is 0 Å². The quantitative estimate of drug-likeness (QED) is 0.664. The molecule has 0 aliphatic heterocycles. The van der Waals surface area contributed by atoms with Crippen molar-refractivity contribution in [3.05, 3.63) is 57.7 Å². The second kappa shape index (κ2) is 5.92. The fraction of sp³-hybridized carbons (Fsp3) is 0.0588. The fourth-order valence-electron chi connectivity index (χ4n) is 2.28. The number of fused-ring (bicyclic) bond motifs is 1. The molecule has 0 unspecified atom stereocenters. The second-order valence-corrected chi connectivity index (χ2v) is 6.00. The number of carboxylic acids is 1. The Balaban J connectivity index is 2.25. The highest BCUT2D eigenvalue weighted by molar-refractivity contribution is 14.1. The van der Waals surface area contributed by atoms with Crippen LogP contribution in [0.5, 0.6) is 5.75 Å². The van der Waals surface area contributed by atoms with E-state index in [2.05, 4.69) is 27.6 Å². The van der Waals surface area contributed by atoms with Crippen molar-refractivity contribution in [3.63, 3.8) is 0 Å². The van der Waals surface area contributed by atoms with Gasteiger partial charge in [-0.25, -0.2) is 9.78 Å². The van der Waals surface area contributed by atoms with E-state index < -0.39 is 5.97 Å². The van der Waals surface area contributed by atoms with E-state index in [9.17, 15) is 9.90 Å². The van der Waals surface area contributed by atoms with Crippen molar-refractivity contribution < 1.29 is 14.6 Å². The van der Waals surface area contributed by atoms with E-state index in [0.717, 1.165) is 9.13 Å². The van der Waals surface area contributed by atoms with Crippen LogP contribution in [0.25, 0.3) is 22.2 Å². The van der Waals surface area contributed by atoms with Gasteiger partial charge in [0.2, 0.25) is 0 Å². The number of aromatic carboxylic acids is 1. The average molecular weight is 405 g/mol. The lowest BCUT2D eigenvalue weighted by molar-refractivity contribution is 0.0699. The molecule has 0 aliphatic rings. The van der Waals surface area contributed by atoms with Gasteiger partial charge in [0.25, 0.3) is 0 Å². The van der Waals surface area contributed by atoms with Crippen molar-refractivity contribution >= 4 is 39.5 Å². The van der Waals surface area contributed by atoms with Crippen LogP contribution in [0.3, 0.4) is 0 Å². The Labute approximate surface area is 140 Å². The van der Waals surface area contributed by atoms with Crippen LogP contribution >= 0.6 is 22.6 Å². The van der Waals surface area contributed by atoms with Crippen molar-refractivity contribution in [2.75, 3.05) is 7.11 Å². The molecule has 2 aromatic carbocycles. The highest BCUT2D eigenvalue weighted by atomic mass is 127. The monoisotopic (exact) mass is 405 g/mol. The van der Waals surface area contributed by atoms with E-state index in [1.165, 1.54) is 0 Å². The largest absolute Gasteiger partial charge is 0.497 e. The van der Waals surface area contributed by atoms with Crippen molar-refractivity contribution in [2.45, 2.75) is 0 Å². The molecule has 4 nitrogen and oxygen atoms in total. The van der Waals surface area contributed by atoms with Gasteiger partial charge in [-0.2, -0.15) is 0 Å². The summed E-state index contributed by atoms with van der Waals surface area (Å²) < 4.78 is 6.28. The van der Waals surface area contributed by atoms with Gasteiger partial charge in [-0.1, -0.05) is 12.1 Å². The minimum absolute atomic E-state index is 0.220. The molecule has 1 N–H and O–H groups in total. The Morgan fingerprint density at radius 2 is 1.86 bits per heavy atom.